The first-order valence-corrected chi connectivity index (χ1v) is 4.86. The molecule has 1 N–H and O–H groups in total. The molecule has 0 aliphatic carbocycles. The highest BCUT2D eigenvalue weighted by Crippen LogP contribution is 2.17. The van der Waals surface area contributed by atoms with E-state index in [-0.39, 0.29) is 6.04 Å². The second-order valence-electron chi connectivity index (χ2n) is 3.44. The van der Waals surface area contributed by atoms with Crippen LogP contribution in [0.3, 0.4) is 0 Å². The van der Waals surface area contributed by atoms with Gasteiger partial charge in [0, 0.05) is 0 Å². The van der Waals surface area contributed by atoms with Gasteiger partial charge < -0.3 is 9.73 Å². The fourth-order valence-corrected chi connectivity index (χ4v) is 1.31. The Balaban J connectivity index is 2.06. The van der Waals surface area contributed by atoms with Crippen LogP contribution in [0.5, 0.6) is 0 Å². The maximum Gasteiger partial charge on any atom is 0.149 e. The number of aromatic nitrogens is 2. The molecule has 4 nitrogen and oxygen atoms in total. The van der Waals surface area contributed by atoms with E-state index in [0.29, 0.717) is 0 Å². The van der Waals surface area contributed by atoms with Crippen molar-refractivity contribution in [3.05, 3.63) is 42.0 Å². The largest absolute Gasteiger partial charge is 0.467 e. The van der Waals surface area contributed by atoms with E-state index in [1.807, 2.05) is 38.1 Å². The topological polar surface area (TPSA) is 51.0 Å². The molecule has 2 aromatic heterocycles. The third kappa shape index (κ3) is 2.34. The second-order valence-corrected chi connectivity index (χ2v) is 3.44. The SMILES string of the molecule is Cc1ccc(NC(C)c2ccco2)nn1. The minimum absolute atomic E-state index is 0.0945. The van der Waals surface area contributed by atoms with Gasteiger partial charge in [0.05, 0.1) is 18.0 Å². The Morgan fingerprint density at radius 3 is 2.73 bits per heavy atom. The number of hydrogen-bond acceptors (Lipinski definition) is 4. The molecule has 2 heterocycles. The number of rotatable bonds is 3. The minimum Gasteiger partial charge on any atom is -0.467 e. The molecular formula is C11H13N3O. The van der Waals surface area contributed by atoms with Crippen molar-refractivity contribution in [1.82, 2.24) is 10.2 Å². The van der Waals surface area contributed by atoms with E-state index in [1.165, 1.54) is 0 Å². The lowest BCUT2D eigenvalue weighted by molar-refractivity contribution is 0.490. The van der Waals surface area contributed by atoms with Gasteiger partial charge in [-0.2, -0.15) is 5.10 Å². The smallest absolute Gasteiger partial charge is 0.149 e. The summed E-state index contributed by atoms with van der Waals surface area (Å²) in [5, 5.41) is 11.2. The van der Waals surface area contributed by atoms with Gasteiger partial charge in [-0.1, -0.05) is 0 Å². The monoisotopic (exact) mass is 203 g/mol. The molecule has 0 aromatic carbocycles. The van der Waals surface area contributed by atoms with Crippen molar-refractivity contribution in [2.75, 3.05) is 5.32 Å². The Bertz CT molecular complexity index is 408. The molecule has 0 amide bonds. The highest BCUT2D eigenvalue weighted by molar-refractivity contribution is 5.35. The van der Waals surface area contributed by atoms with Crippen LogP contribution < -0.4 is 5.32 Å². The Morgan fingerprint density at radius 1 is 1.27 bits per heavy atom. The lowest BCUT2D eigenvalue weighted by atomic mass is 10.2. The van der Waals surface area contributed by atoms with Crippen LogP contribution in [0.25, 0.3) is 0 Å². The average molecular weight is 203 g/mol. The number of hydrogen-bond donors (Lipinski definition) is 1. The van der Waals surface area contributed by atoms with E-state index in [9.17, 15) is 0 Å². The van der Waals surface area contributed by atoms with Crippen molar-refractivity contribution in [3.63, 3.8) is 0 Å². The number of nitrogens with one attached hydrogen (secondary N) is 1. The average Bonchev–Trinajstić information content (AvgIpc) is 2.74. The summed E-state index contributed by atoms with van der Waals surface area (Å²) in [6.07, 6.45) is 1.66. The lowest BCUT2D eigenvalue weighted by Gasteiger charge is -2.10. The van der Waals surface area contributed by atoms with Gasteiger partial charge in [-0.3, -0.25) is 0 Å². The summed E-state index contributed by atoms with van der Waals surface area (Å²) in [7, 11) is 0. The predicted octanol–water partition coefficient (Wildman–Crippen LogP) is 2.55. The molecule has 0 radical (unpaired) electrons. The van der Waals surface area contributed by atoms with E-state index in [1.54, 1.807) is 6.26 Å². The molecule has 0 saturated heterocycles. The fraction of sp³-hybridized carbons (Fsp3) is 0.273. The molecule has 1 unspecified atom stereocenters. The molecule has 1 atom stereocenters. The molecule has 0 aliphatic heterocycles. The summed E-state index contributed by atoms with van der Waals surface area (Å²) >= 11 is 0. The first-order chi connectivity index (χ1) is 7.25. The van der Waals surface area contributed by atoms with Crippen molar-refractivity contribution in [3.8, 4) is 0 Å². The number of nitrogens with zero attached hydrogens (tertiary/aromatic N) is 2. The quantitative estimate of drug-likeness (QED) is 0.832. The van der Waals surface area contributed by atoms with Gasteiger partial charge in [-0.25, -0.2) is 0 Å². The number of aryl methyl sites for hydroxylation is 1. The van der Waals surface area contributed by atoms with Crippen LogP contribution in [0, 0.1) is 6.92 Å². The molecule has 0 saturated carbocycles. The van der Waals surface area contributed by atoms with Crippen LogP contribution in [-0.4, -0.2) is 10.2 Å². The van der Waals surface area contributed by atoms with Crippen LogP contribution in [0.15, 0.2) is 34.9 Å². The summed E-state index contributed by atoms with van der Waals surface area (Å²) in [6, 6.07) is 7.72. The number of furan rings is 1. The normalized spacial score (nSPS) is 12.4. The van der Waals surface area contributed by atoms with Crippen molar-refractivity contribution in [1.29, 1.82) is 0 Å². The summed E-state index contributed by atoms with van der Waals surface area (Å²) in [5.74, 6) is 1.64. The molecule has 0 aliphatic rings. The third-order valence-corrected chi connectivity index (χ3v) is 2.13. The van der Waals surface area contributed by atoms with Gasteiger partial charge in [-0.15, -0.1) is 5.10 Å². The van der Waals surface area contributed by atoms with Gasteiger partial charge in [0.2, 0.25) is 0 Å². The zero-order valence-electron chi connectivity index (χ0n) is 8.77. The van der Waals surface area contributed by atoms with E-state index in [2.05, 4.69) is 15.5 Å². The Hall–Kier alpha value is -1.84. The lowest BCUT2D eigenvalue weighted by Crippen LogP contribution is -2.07. The van der Waals surface area contributed by atoms with Gasteiger partial charge in [0.15, 0.2) is 0 Å². The molecule has 0 bridgehead atoms. The third-order valence-electron chi connectivity index (χ3n) is 2.13. The van der Waals surface area contributed by atoms with Crippen molar-refractivity contribution < 1.29 is 4.42 Å². The maximum absolute atomic E-state index is 5.28. The number of anilines is 1. The zero-order chi connectivity index (χ0) is 10.7. The highest BCUT2D eigenvalue weighted by Gasteiger charge is 2.08. The molecular weight excluding hydrogens is 190 g/mol. The highest BCUT2D eigenvalue weighted by atomic mass is 16.3. The molecule has 78 valence electrons. The summed E-state index contributed by atoms with van der Waals surface area (Å²) in [6.45, 7) is 3.92. The first-order valence-electron chi connectivity index (χ1n) is 4.86. The standard InChI is InChI=1S/C11H13N3O/c1-8-5-6-11(14-13-8)12-9(2)10-4-3-7-15-10/h3-7,9H,1-2H3,(H,12,14). The molecule has 0 fully saturated rings. The molecule has 2 rings (SSSR count). The van der Waals surface area contributed by atoms with Gasteiger partial charge in [0.25, 0.3) is 0 Å². The molecule has 15 heavy (non-hydrogen) atoms. The fourth-order valence-electron chi connectivity index (χ4n) is 1.31. The van der Waals surface area contributed by atoms with E-state index in [4.69, 9.17) is 4.42 Å². The Morgan fingerprint density at radius 2 is 2.13 bits per heavy atom. The van der Waals surface area contributed by atoms with Gasteiger partial charge in [0.1, 0.15) is 11.6 Å². The van der Waals surface area contributed by atoms with E-state index in [0.717, 1.165) is 17.3 Å². The van der Waals surface area contributed by atoms with E-state index < -0.39 is 0 Å². The second kappa shape index (κ2) is 4.13. The summed E-state index contributed by atoms with van der Waals surface area (Å²) in [4.78, 5) is 0. The van der Waals surface area contributed by atoms with Crippen LogP contribution >= 0.6 is 0 Å². The summed E-state index contributed by atoms with van der Waals surface area (Å²) < 4.78 is 5.28. The van der Waals surface area contributed by atoms with Gasteiger partial charge >= 0.3 is 0 Å². The van der Waals surface area contributed by atoms with Crippen LogP contribution in [0.2, 0.25) is 0 Å². The molecule has 0 spiro atoms. The van der Waals surface area contributed by atoms with Crippen LogP contribution in [0.4, 0.5) is 5.82 Å². The van der Waals surface area contributed by atoms with Crippen molar-refractivity contribution >= 4 is 5.82 Å². The Kier molecular flexibility index (Phi) is 2.67. The predicted molar refractivity (Wildman–Crippen MR) is 57.5 cm³/mol. The van der Waals surface area contributed by atoms with Crippen molar-refractivity contribution in [2.45, 2.75) is 19.9 Å². The molecule has 2 aromatic rings. The maximum atomic E-state index is 5.28. The van der Waals surface area contributed by atoms with E-state index >= 15 is 0 Å². The van der Waals surface area contributed by atoms with Crippen molar-refractivity contribution in [2.24, 2.45) is 0 Å². The van der Waals surface area contributed by atoms with Crippen LogP contribution in [-0.2, 0) is 0 Å². The summed E-state index contributed by atoms with van der Waals surface area (Å²) in [5.41, 5.74) is 0.909. The van der Waals surface area contributed by atoms with Crippen LogP contribution in [0.1, 0.15) is 24.4 Å². The first kappa shape index (κ1) is 9.71. The van der Waals surface area contributed by atoms with Gasteiger partial charge in [-0.05, 0) is 38.1 Å². The minimum atomic E-state index is 0.0945. The Labute approximate surface area is 88.3 Å². The molecule has 4 heteroatoms. The zero-order valence-corrected chi connectivity index (χ0v) is 8.77.